The Morgan fingerprint density at radius 1 is 1.16 bits per heavy atom. The minimum Gasteiger partial charge on any atom is -0.351 e. The van der Waals surface area contributed by atoms with Crippen molar-refractivity contribution in [2.24, 2.45) is 0 Å². The van der Waals surface area contributed by atoms with Crippen molar-refractivity contribution in [2.45, 2.75) is 38.1 Å². The molecule has 2 fully saturated rings. The number of amides is 2. The average Bonchev–Trinajstić information content (AvgIpc) is 3.50. The van der Waals surface area contributed by atoms with Gasteiger partial charge in [-0.05, 0) is 31.1 Å². The molecule has 0 bridgehead atoms. The molecule has 1 aliphatic carbocycles. The fourth-order valence-corrected chi connectivity index (χ4v) is 4.09. The predicted molar refractivity (Wildman–Crippen MR) is 117 cm³/mol. The van der Waals surface area contributed by atoms with E-state index in [1.165, 1.54) is 12.8 Å². The topological polar surface area (TPSA) is 105 Å². The molecule has 5 rings (SSSR count). The van der Waals surface area contributed by atoms with Gasteiger partial charge in [0.2, 0.25) is 17.8 Å². The normalized spacial score (nSPS) is 18.2. The molecule has 31 heavy (non-hydrogen) atoms. The van der Waals surface area contributed by atoms with Gasteiger partial charge in [0.1, 0.15) is 0 Å². The molecule has 2 amide bonds. The number of nitrogens with zero attached hydrogens (tertiary/aromatic N) is 5. The maximum absolute atomic E-state index is 12.0. The van der Waals surface area contributed by atoms with Crippen molar-refractivity contribution in [2.75, 3.05) is 17.3 Å². The number of benzene rings is 1. The second kappa shape index (κ2) is 7.82. The van der Waals surface area contributed by atoms with Gasteiger partial charge in [0, 0.05) is 29.9 Å². The van der Waals surface area contributed by atoms with Crippen LogP contribution in [-0.4, -0.2) is 44.5 Å². The summed E-state index contributed by atoms with van der Waals surface area (Å²) in [4.78, 5) is 35.0. The fraction of sp³-hybridized carbons (Fsp3) is 0.318. The number of para-hydroxylation sites is 1. The van der Waals surface area contributed by atoms with E-state index in [-0.39, 0.29) is 18.2 Å². The lowest BCUT2D eigenvalue weighted by molar-refractivity contribution is -0.124. The van der Waals surface area contributed by atoms with E-state index in [2.05, 4.69) is 15.7 Å². The van der Waals surface area contributed by atoms with Crippen molar-refractivity contribution in [3.8, 4) is 0 Å². The van der Waals surface area contributed by atoms with Crippen LogP contribution in [0.25, 0.3) is 11.7 Å². The highest BCUT2D eigenvalue weighted by Gasteiger charge is 2.25. The van der Waals surface area contributed by atoms with Crippen LogP contribution in [0.3, 0.4) is 0 Å². The summed E-state index contributed by atoms with van der Waals surface area (Å²) in [5.41, 5.74) is 2.61. The van der Waals surface area contributed by atoms with Crippen molar-refractivity contribution in [3.63, 3.8) is 0 Å². The monoisotopic (exact) mass is 417 g/mol. The summed E-state index contributed by atoms with van der Waals surface area (Å²) in [6, 6.07) is 10.2. The molecule has 1 aromatic carbocycles. The van der Waals surface area contributed by atoms with Crippen molar-refractivity contribution in [1.29, 1.82) is 0 Å². The first-order valence-corrected chi connectivity index (χ1v) is 10.4. The van der Waals surface area contributed by atoms with Crippen LogP contribution < -0.4 is 15.5 Å². The Labute approximate surface area is 179 Å². The third-order valence-corrected chi connectivity index (χ3v) is 5.74. The first-order valence-electron chi connectivity index (χ1n) is 10.4. The van der Waals surface area contributed by atoms with Crippen LogP contribution in [0.5, 0.6) is 0 Å². The van der Waals surface area contributed by atoms with E-state index in [4.69, 9.17) is 9.97 Å². The quantitative estimate of drug-likeness (QED) is 0.486. The molecule has 0 unspecified atom stereocenters. The minimum atomic E-state index is -0.371. The van der Waals surface area contributed by atoms with E-state index >= 15 is 0 Å². The zero-order valence-corrected chi connectivity index (χ0v) is 17.2. The Morgan fingerprint density at radius 2 is 1.94 bits per heavy atom. The Balaban J connectivity index is 1.61. The van der Waals surface area contributed by atoms with Crippen molar-refractivity contribution in [1.82, 2.24) is 24.9 Å². The minimum absolute atomic E-state index is 0.0607. The molecule has 2 aliphatic rings. The van der Waals surface area contributed by atoms with Gasteiger partial charge in [0.15, 0.2) is 5.65 Å². The molecule has 1 saturated heterocycles. The van der Waals surface area contributed by atoms with Gasteiger partial charge in [-0.25, -0.2) is 0 Å². The Bertz CT molecular complexity index is 1180. The maximum atomic E-state index is 12.0. The van der Waals surface area contributed by atoms with Gasteiger partial charge >= 0.3 is 0 Å². The molecular weight excluding hydrogens is 394 g/mol. The molecular formula is C22H23N7O2. The largest absolute Gasteiger partial charge is 0.351 e. The lowest BCUT2D eigenvalue weighted by Crippen LogP contribution is -2.21. The highest BCUT2D eigenvalue weighted by atomic mass is 16.2. The zero-order chi connectivity index (χ0) is 21.4. The molecule has 0 spiro atoms. The maximum Gasteiger partial charge on any atom is 0.254 e. The van der Waals surface area contributed by atoms with E-state index in [9.17, 15) is 9.59 Å². The van der Waals surface area contributed by atoms with Crippen LogP contribution in [0, 0.1) is 0 Å². The van der Waals surface area contributed by atoms with Crippen molar-refractivity contribution < 1.29 is 9.59 Å². The third-order valence-electron chi connectivity index (χ3n) is 5.74. The van der Waals surface area contributed by atoms with Gasteiger partial charge in [0.05, 0.1) is 12.6 Å². The third kappa shape index (κ3) is 3.74. The Morgan fingerprint density at radius 3 is 2.65 bits per heavy atom. The number of carbonyl (C=O) groups is 2. The SMILES string of the molecule is CN(c1ccccc1)c1nc(NC2CCCC2)nc2c(/C=C3\CC(=O)NC3=O)cnn12. The van der Waals surface area contributed by atoms with E-state index in [0.717, 1.165) is 18.5 Å². The number of fused-ring (bicyclic) bond motifs is 1. The number of carbonyl (C=O) groups excluding carboxylic acids is 2. The first kappa shape index (κ1) is 19.2. The second-order valence-corrected chi connectivity index (χ2v) is 7.93. The number of aromatic nitrogens is 4. The predicted octanol–water partition coefficient (Wildman–Crippen LogP) is 2.68. The molecule has 9 heteroatoms. The summed E-state index contributed by atoms with van der Waals surface area (Å²) in [5, 5.41) is 10.3. The molecule has 3 aromatic rings. The molecule has 158 valence electrons. The van der Waals surface area contributed by atoms with Gasteiger partial charge in [-0.1, -0.05) is 31.0 Å². The molecule has 3 heterocycles. The second-order valence-electron chi connectivity index (χ2n) is 7.93. The smallest absolute Gasteiger partial charge is 0.254 e. The molecule has 1 aliphatic heterocycles. The van der Waals surface area contributed by atoms with Gasteiger partial charge in [-0.15, -0.1) is 0 Å². The Hall–Kier alpha value is -3.75. The summed E-state index contributed by atoms with van der Waals surface area (Å²) < 4.78 is 1.66. The van der Waals surface area contributed by atoms with Crippen LogP contribution in [0.1, 0.15) is 37.7 Å². The molecule has 0 atom stereocenters. The Kier molecular flexibility index (Phi) is 4.85. The molecule has 9 nitrogen and oxygen atoms in total. The van der Waals surface area contributed by atoms with Crippen LogP contribution in [-0.2, 0) is 9.59 Å². The summed E-state index contributed by atoms with van der Waals surface area (Å²) in [5.74, 6) is 0.470. The number of imide groups is 1. The zero-order valence-electron chi connectivity index (χ0n) is 17.2. The number of hydrogen-bond donors (Lipinski definition) is 2. The van der Waals surface area contributed by atoms with E-state index < -0.39 is 0 Å². The van der Waals surface area contributed by atoms with E-state index in [0.29, 0.717) is 34.7 Å². The lowest BCUT2D eigenvalue weighted by Gasteiger charge is -2.20. The first-order chi connectivity index (χ1) is 15.1. The number of hydrogen-bond acceptors (Lipinski definition) is 7. The standard InChI is InChI=1S/C22H23N7O2/c1-28(17-9-3-2-4-10-17)22-27-21(24-16-7-5-6-8-16)26-19-15(13-23-29(19)22)11-14-12-18(30)25-20(14)31/h2-4,9-11,13,16H,5-8,12H2,1H3,(H,24,26)(H,25,30,31)/b14-11+. The fourth-order valence-electron chi connectivity index (χ4n) is 4.09. The summed E-state index contributed by atoms with van der Waals surface area (Å²) in [7, 11) is 1.93. The highest BCUT2D eigenvalue weighted by Crippen LogP contribution is 2.27. The number of rotatable bonds is 5. The number of nitrogens with one attached hydrogen (secondary N) is 2. The molecule has 1 saturated carbocycles. The number of anilines is 3. The molecule has 2 aromatic heterocycles. The van der Waals surface area contributed by atoms with Crippen LogP contribution in [0.2, 0.25) is 0 Å². The van der Waals surface area contributed by atoms with Crippen LogP contribution >= 0.6 is 0 Å². The van der Waals surface area contributed by atoms with E-state index in [1.54, 1.807) is 16.8 Å². The van der Waals surface area contributed by atoms with E-state index in [1.807, 2.05) is 42.3 Å². The van der Waals surface area contributed by atoms with Gasteiger partial charge in [-0.3, -0.25) is 14.9 Å². The summed E-state index contributed by atoms with van der Waals surface area (Å²) in [6.07, 6.45) is 7.97. The summed E-state index contributed by atoms with van der Waals surface area (Å²) in [6.45, 7) is 0. The van der Waals surface area contributed by atoms with Gasteiger partial charge in [-0.2, -0.15) is 19.6 Å². The summed E-state index contributed by atoms with van der Waals surface area (Å²) >= 11 is 0. The lowest BCUT2D eigenvalue weighted by atomic mass is 10.1. The molecule has 0 radical (unpaired) electrons. The van der Waals surface area contributed by atoms with Crippen molar-refractivity contribution in [3.05, 3.63) is 47.7 Å². The highest BCUT2D eigenvalue weighted by molar-refractivity contribution is 6.15. The van der Waals surface area contributed by atoms with Gasteiger partial charge in [0.25, 0.3) is 5.91 Å². The van der Waals surface area contributed by atoms with Crippen LogP contribution in [0.15, 0.2) is 42.1 Å². The van der Waals surface area contributed by atoms with Crippen LogP contribution in [0.4, 0.5) is 17.6 Å². The average molecular weight is 417 g/mol. The van der Waals surface area contributed by atoms with Crippen molar-refractivity contribution >= 4 is 41.1 Å². The van der Waals surface area contributed by atoms with Gasteiger partial charge < -0.3 is 10.2 Å². The molecule has 2 N–H and O–H groups in total.